The van der Waals surface area contributed by atoms with Crippen molar-refractivity contribution < 1.29 is 22.7 Å². The van der Waals surface area contributed by atoms with Gasteiger partial charge in [0.15, 0.2) is 11.5 Å². The lowest BCUT2D eigenvalue weighted by Crippen LogP contribution is -2.28. The Balaban J connectivity index is 1.62. The Morgan fingerprint density at radius 1 is 1.03 bits per heavy atom. The number of aromatic nitrogens is 1. The van der Waals surface area contributed by atoms with Gasteiger partial charge in [0.1, 0.15) is 0 Å². The average molecular weight is 415 g/mol. The van der Waals surface area contributed by atoms with E-state index in [1.807, 2.05) is 24.3 Å². The second kappa shape index (κ2) is 8.89. The SMILES string of the molecule is COc1ccc(S(=O)(=O)NCCC(=O)Nc2cccc3cccnc23)cc1OC. The van der Waals surface area contributed by atoms with Gasteiger partial charge in [0.2, 0.25) is 15.9 Å². The molecule has 0 bridgehead atoms. The first-order valence-corrected chi connectivity index (χ1v) is 10.3. The number of hydrogen-bond donors (Lipinski definition) is 2. The predicted octanol–water partition coefficient (Wildman–Crippen LogP) is 2.56. The zero-order chi connectivity index (χ0) is 20.9. The van der Waals surface area contributed by atoms with Gasteiger partial charge in [0.25, 0.3) is 0 Å². The van der Waals surface area contributed by atoms with Crippen LogP contribution in [-0.4, -0.2) is 40.1 Å². The van der Waals surface area contributed by atoms with E-state index in [0.29, 0.717) is 22.7 Å². The number of methoxy groups -OCH3 is 2. The van der Waals surface area contributed by atoms with Crippen molar-refractivity contribution >= 4 is 32.5 Å². The van der Waals surface area contributed by atoms with Crippen LogP contribution in [0, 0.1) is 0 Å². The standard InChI is InChI=1S/C20H21N3O5S/c1-27-17-9-8-15(13-18(17)28-2)29(25,26)22-12-10-19(24)23-16-7-3-5-14-6-4-11-21-20(14)16/h3-9,11,13,22H,10,12H2,1-2H3,(H,23,24). The summed E-state index contributed by atoms with van der Waals surface area (Å²) in [5, 5.41) is 3.67. The molecule has 3 rings (SSSR count). The molecule has 152 valence electrons. The zero-order valence-electron chi connectivity index (χ0n) is 16.0. The third kappa shape index (κ3) is 4.82. The van der Waals surface area contributed by atoms with Crippen molar-refractivity contribution in [1.29, 1.82) is 0 Å². The van der Waals surface area contributed by atoms with Crippen molar-refractivity contribution in [2.75, 3.05) is 26.1 Å². The number of fused-ring (bicyclic) bond motifs is 1. The van der Waals surface area contributed by atoms with E-state index in [-0.39, 0.29) is 23.8 Å². The fourth-order valence-electron chi connectivity index (χ4n) is 2.78. The maximum Gasteiger partial charge on any atom is 0.240 e. The van der Waals surface area contributed by atoms with Crippen LogP contribution >= 0.6 is 0 Å². The second-order valence-corrected chi connectivity index (χ2v) is 7.86. The molecule has 8 nitrogen and oxygen atoms in total. The van der Waals surface area contributed by atoms with Crippen molar-refractivity contribution in [3.8, 4) is 11.5 Å². The van der Waals surface area contributed by atoms with Crippen LogP contribution in [0.2, 0.25) is 0 Å². The number of nitrogens with zero attached hydrogens (tertiary/aromatic N) is 1. The zero-order valence-corrected chi connectivity index (χ0v) is 16.8. The van der Waals surface area contributed by atoms with E-state index in [1.54, 1.807) is 12.3 Å². The predicted molar refractivity (Wildman–Crippen MR) is 110 cm³/mol. The Hall–Kier alpha value is -3.17. The number of benzene rings is 2. The van der Waals surface area contributed by atoms with E-state index >= 15 is 0 Å². The van der Waals surface area contributed by atoms with Crippen molar-refractivity contribution in [2.24, 2.45) is 0 Å². The number of carbonyl (C=O) groups is 1. The summed E-state index contributed by atoms with van der Waals surface area (Å²) in [5.74, 6) is 0.407. The Morgan fingerprint density at radius 2 is 1.79 bits per heavy atom. The maximum absolute atomic E-state index is 12.5. The number of carbonyl (C=O) groups excluding carboxylic acids is 1. The van der Waals surface area contributed by atoms with Gasteiger partial charge in [0.05, 0.1) is 30.3 Å². The highest BCUT2D eigenvalue weighted by Gasteiger charge is 2.17. The molecule has 0 fully saturated rings. The highest BCUT2D eigenvalue weighted by Crippen LogP contribution is 2.29. The molecular weight excluding hydrogens is 394 g/mol. The largest absolute Gasteiger partial charge is 0.493 e. The number of ether oxygens (including phenoxy) is 2. The van der Waals surface area contributed by atoms with Crippen LogP contribution in [0.5, 0.6) is 11.5 Å². The number of anilines is 1. The molecular formula is C20H21N3O5S. The smallest absolute Gasteiger partial charge is 0.240 e. The third-order valence-corrected chi connectivity index (χ3v) is 5.67. The van der Waals surface area contributed by atoms with Gasteiger partial charge in [-0.3, -0.25) is 9.78 Å². The third-order valence-electron chi connectivity index (χ3n) is 4.22. The monoisotopic (exact) mass is 415 g/mol. The lowest BCUT2D eigenvalue weighted by atomic mass is 10.2. The summed E-state index contributed by atoms with van der Waals surface area (Å²) in [5.41, 5.74) is 1.25. The number of para-hydroxylation sites is 1. The van der Waals surface area contributed by atoms with Gasteiger partial charge in [0, 0.05) is 30.6 Å². The van der Waals surface area contributed by atoms with E-state index in [1.165, 1.54) is 32.4 Å². The van der Waals surface area contributed by atoms with Crippen LogP contribution in [0.4, 0.5) is 5.69 Å². The molecule has 0 spiro atoms. The summed E-state index contributed by atoms with van der Waals surface area (Å²) in [7, 11) is -0.908. The summed E-state index contributed by atoms with van der Waals surface area (Å²) in [6, 6.07) is 13.5. The molecule has 0 saturated heterocycles. The molecule has 1 aromatic heterocycles. The maximum atomic E-state index is 12.5. The van der Waals surface area contributed by atoms with Gasteiger partial charge >= 0.3 is 0 Å². The normalized spacial score (nSPS) is 11.2. The van der Waals surface area contributed by atoms with Crippen LogP contribution in [0.15, 0.2) is 59.6 Å². The quantitative estimate of drug-likeness (QED) is 0.586. The molecule has 0 atom stereocenters. The summed E-state index contributed by atoms with van der Waals surface area (Å²) >= 11 is 0. The van der Waals surface area contributed by atoms with Crippen LogP contribution in [-0.2, 0) is 14.8 Å². The molecule has 9 heteroatoms. The number of sulfonamides is 1. The first kappa shape index (κ1) is 20.6. The fourth-order valence-corrected chi connectivity index (χ4v) is 3.83. The molecule has 2 aromatic carbocycles. The van der Waals surface area contributed by atoms with Gasteiger partial charge in [-0.1, -0.05) is 18.2 Å². The molecule has 0 saturated carbocycles. The van der Waals surface area contributed by atoms with Gasteiger partial charge in [-0.25, -0.2) is 13.1 Å². The number of pyridine rings is 1. The summed E-state index contributed by atoms with van der Waals surface area (Å²) in [6.07, 6.45) is 1.62. The first-order valence-electron chi connectivity index (χ1n) is 8.80. The number of rotatable bonds is 8. The van der Waals surface area contributed by atoms with E-state index in [9.17, 15) is 13.2 Å². The highest BCUT2D eigenvalue weighted by molar-refractivity contribution is 7.89. The van der Waals surface area contributed by atoms with Crippen molar-refractivity contribution in [1.82, 2.24) is 9.71 Å². The minimum atomic E-state index is -3.80. The van der Waals surface area contributed by atoms with Gasteiger partial charge in [-0.15, -0.1) is 0 Å². The van der Waals surface area contributed by atoms with E-state index in [4.69, 9.17) is 9.47 Å². The number of amides is 1. The molecule has 0 aliphatic rings. The molecule has 0 unspecified atom stereocenters. The lowest BCUT2D eigenvalue weighted by Gasteiger charge is -2.11. The van der Waals surface area contributed by atoms with Crippen LogP contribution in [0.25, 0.3) is 10.9 Å². The Labute approximate surface area is 168 Å². The molecule has 1 heterocycles. The fraction of sp³-hybridized carbons (Fsp3) is 0.200. The van der Waals surface area contributed by atoms with Gasteiger partial charge < -0.3 is 14.8 Å². The molecule has 29 heavy (non-hydrogen) atoms. The topological polar surface area (TPSA) is 107 Å². The molecule has 0 aliphatic heterocycles. The lowest BCUT2D eigenvalue weighted by molar-refractivity contribution is -0.116. The molecule has 3 aromatic rings. The van der Waals surface area contributed by atoms with E-state index in [2.05, 4.69) is 15.0 Å². The summed E-state index contributed by atoms with van der Waals surface area (Å²) in [4.78, 5) is 16.5. The first-order chi connectivity index (χ1) is 13.9. The van der Waals surface area contributed by atoms with E-state index < -0.39 is 10.0 Å². The minimum absolute atomic E-state index is 0.0220. The second-order valence-electron chi connectivity index (χ2n) is 6.09. The average Bonchev–Trinajstić information content (AvgIpc) is 2.73. The Bertz CT molecular complexity index is 1130. The van der Waals surface area contributed by atoms with E-state index in [0.717, 1.165) is 5.39 Å². The van der Waals surface area contributed by atoms with Crippen molar-refractivity contribution in [3.63, 3.8) is 0 Å². The number of hydrogen-bond acceptors (Lipinski definition) is 6. The van der Waals surface area contributed by atoms with Crippen LogP contribution in [0.1, 0.15) is 6.42 Å². The number of nitrogens with one attached hydrogen (secondary N) is 2. The Kier molecular flexibility index (Phi) is 6.30. The molecule has 1 amide bonds. The molecule has 0 aliphatic carbocycles. The molecule has 2 N–H and O–H groups in total. The van der Waals surface area contributed by atoms with Crippen LogP contribution < -0.4 is 19.5 Å². The van der Waals surface area contributed by atoms with Gasteiger partial charge in [-0.2, -0.15) is 0 Å². The van der Waals surface area contributed by atoms with Crippen molar-refractivity contribution in [3.05, 3.63) is 54.7 Å². The highest BCUT2D eigenvalue weighted by atomic mass is 32.2. The Morgan fingerprint density at radius 3 is 2.55 bits per heavy atom. The minimum Gasteiger partial charge on any atom is -0.493 e. The summed E-state index contributed by atoms with van der Waals surface area (Å²) < 4.78 is 37.6. The van der Waals surface area contributed by atoms with Crippen molar-refractivity contribution in [2.45, 2.75) is 11.3 Å². The van der Waals surface area contributed by atoms with Crippen LogP contribution in [0.3, 0.4) is 0 Å². The summed E-state index contributed by atoms with van der Waals surface area (Å²) in [6.45, 7) is -0.0549. The molecule has 0 radical (unpaired) electrons. The van der Waals surface area contributed by atoms with Gasteiger partial charge in [-0.05, 0) is 24.3 Å².